The predicted molar refractivity (Wildman–Crippen MR) is 86.0 cm³/mol. The number of amides is 1. The highest BCUT2D eigenvalue weighted by Crippen LogP contribution is 2.34. The molecule has 1 aliphatic carbocycles. The maximum absolute atomic E-state index is 12.1. The van der Waals surface area contributed by atoms with Crippen LogP contribution in [-0.2, 0) is 4.79 Å². The first kappa shape index (κ1) is 13.7. The average Bonchev–Trinajstić information content (AvgIpc) is 3.21. The third-order valence-corrected chi connectivity index (χ3v) is 4.89. The van der Waals surface area contributed by atoms with Crippen LogP contribution in [0.3, 0.4) is 0 Å². The summed E-state index contributed by atoms with van der Waals surface area (Å²) >= 11 is 1.41. The van der Waals surface area contributed by atoms with E-state index in [1.54, 1.807) is 0 Å². The van der Waals surface area contributed by atoms with Gasteiger partial charge in [-0.1, -0.05) is 18.9 Å². The SMILES string of the molecule is O=C1NC(=NC2CCCC2)S/C1=C/c1ccc2c(c1)OCO2. The van der Waals surface area contributed by atoms with Gasteiger partial charge in [0.1, 0.15) is 0 Å². The highest BCUT2D eigenvalue weighted by Gasteiger charge is 2.26. The second-order valence-corrected chi connectivity index (χ2v) is 6.58. The van der Waals surface area contributed by atoms with Crippen LogP contribution in [0, 0.1) is 0 Å². The van der Waals surface area contributed by atoms with Crippen LogP contribution in [0.25, 0.3) is 6.08 Å². The number of benzene rings is 1. The van der Waals surface area contributed by atoms with Crippen molar-refractivity contribution in [1.82, 2.24) is 5.32 Å². The van der Waals surface area contributed by atoms with Gasteiger partial charge in [0.25, 0.3) is 5.91 Å². The summed E-state index contributed by atoms with van der Waals surface area (Å²) in [5, 5.41) is 3.58. The molecule has 3 aliphatic rings. The van der Waals surface area contributed by atoms with Crippen molar-refractivity contribution in [3.05, 3.63) is 28.7 Å². The molecule has 1 amide bonds. The summed E-state index contributed by atoms with van der Waals surface area (Å²) < 4.78 is 10.6. The Morgan fingerprint density at radius 2 is 2.05 bits per heavy atom. The Morgan fingerprint density at radius 3 is 2.91 bits per heavy atom. The second-order valence-electron chi connectivity index (χ2n) is 5.55. The second kappa shape index (κ2) is 5.68. The molecule has 1 aromatic rings. The number of fused-ring (bicyclic) bond motifs is 1. The van der Waals surface area contributed by atoms with E-state index in [-0.39, 0.29) is 12.7 Å². The van der Waals surface area contributed by atoms with E-state index in [0.717, 1.165) is 35.1 Å². The van der Waals surface area contributed by atoms with Crippen molar-refractivity contribution >= 4 is 28.9 Å². The van der Waals surface area contributed by atoms with Crippen LogP contribution < -0.4 is 14.8 Å². The normalized spacial score (nSPS) is 24.5. The van der Waals surface area contributed by atoms with Crippen LogP contribution in [0.4, 0.5) is 0 Å². The number of hydrogen-bond donors (Lipinski definition) is 1. The van der Waals surface area contributed by atoms with E-state index in [2.05, 4.69) is 10.3 Å². The summed E-state index contributed by atoms with van der Waals surface area (Å²) in [4.78, 5) is 17.4. The van der Waals surface area contributed by atoms with Gasteiger partial charge in [-0.05, 0) is 48.4 Å². The molecule has 1 saturated heterocycles. The van der Waals surface area contributed by atoms with Gasteiger partial charge < -0.3 is 14.8 Å². The summed E-state index contributed by atoms with van der Waals surface area (Å²) in [7, 11) is 0. The van der Waals surface area contributed by atoms with Crippen LogP contribution >= 0.6 is 11.8 Å². The summed E-state index contributed by atoms with van der Waals surface area (Å²) in [6, 6.07) is 6.03. The van der Waals surface area contributed by atoms with Crippen molar-refractivity contribution in [3.63, 3.8) is 0 Å². The van der Waals surface area contributed by atoms with E-state index >= 15 is 0 Å². The minimum Gasteiger partial charge on any atom is -0.454 e. The summed E-state index contributed by atoms with van der Waals surface area (Å²) in [6.07, 6.45) is 6.58. The van der Waals surface area contributed by atoms with Crippen LogP contribution in [0.5, 0.6) is 11.5 Å². The van der Waals surface area contributed by atoms with Crippen molar-refractivity contribution < 1.29 is 14.3 Å². The Kier molecular flexibility index (Phi) is 3.54. The van der Waals surface area contributed by atoms with E-state index in [4.69, 9.17) is 9.47 Å². The van der Waals surface area contributed by atoms with E-state index in [1.807, 2.05) is 24.3 Å². The quantitative estimate of drug-likeness (QED) is 0.852. The van der Waals surface area contributed by atoms with E-state index < -0.39 is 0 Å². The molecule has 0 bridgehead atoms. The molecular formula is C16H16N2O3S. The number of hydrogen-bond acceptors (Lipinski definition) is 5. The first-order valence-corrected chi connectivity index (χ1v) is 8.28. The monoisotopic (exact) mass is 316 g/mol. The minimum atomic E-state index is -0.0839. The zero-order valence-electron chi connectivity index (χ0n) is 12.0. The molecule has 4 rings (SSSR count). The Morgan fingerprint density at radius 1 is 1.23 bits per heavy atom. The molecule has 0 atom stereocenters. The smallest absolute Gasteiger partial charge is 0.264 e. The molecular weight excluding hydrogens is 300 g/mol. The Balaban J connectivity index is 1.53. The third kappa shape index (κ3) is 2.70. The molecule has 2 heterocycles. The van der Waals surface area contributed by atoms with Gasteiger partial charge in [0.05, 0.1) is 10.9 Å². The van der Waals surface area contributed by atoms with Gasteiger partial charge in [0, 0.05) is 0 Å². The molecule has 114 valence electrons. The lowest BCUT2D eigenvalue weighted by Crippen LogP contribution is -2.21. The van der Waals surface area contributed by atoms with Crippen LogP contribution in [0.15, 0.2) is 28.1 Å². The molecule has 0 spiro atoms. The number of thioether (sulfide) groups is 1. The molecule has 22 heavy (non-hydrogen) atoms. The largest absolute Gasteiger partial charge is 0.454 e. The number of ether oxygens (including phenoxy) is 2. The minimum absolute atomic E-state index is 0.0839. The van der Waals surface area contributed by atoms with Gasteiger partial charge >= 0.3 is 0 Å². The lowest BCUT2D eigenvalue weighted by molar-refractivity contribution is -0.115. The highest BCUT2D eigenvalue weighted by molar-refractivity contribution is 8.18. The van der Waals surface area contributed by atoms with Crippen LogP contribution in [0.2, 0.25) is 0 Å². The van der Waals surface area contributed by atoms with Crippen LogP contribution in [-0.4, -0.2) is 23.9 Å². The van der Waals surface area contributed by atoms with Gasteiger partial charge in [0.2, 0.25) is 6.79 Å². The topological polar surface area (TPSA) is 59.9 Å². The predicted octanol–water partition coefficient (Wildman–Crippen LogP) is 2.92. The van der Waals surface area contributed by atoms with Crippen molar-refractivity contribution in [2.75, 3.05) is 6.79 Å². The van der Waals surface area contributed by atoms with Gasteiger partial charge in [-0.3, -0.25) is 9.79 Å². The first-order valence-electron chi connectivity index (χ1n) is 7.46. The lowest BCUT2D eigenvalue weighted by atomic mass is 10.2. The zero-order chi connectivity index (χ0) is 14.9. The molecule has 2 aliphatic heterocycles. The first-order chi connectivity index (χ1) is 10.8. The van der Waals surface area contributed by atoms with E-state index in [1.165, 1.54) is 24.6 Å². The lowest BCUT2D eigenvalue weighted by Gasteiger charge is -2.02. The van der Waals surface area contributed by atoms with Crippen molar-refractivity contribution in [2.24, 2.45) is 4.99 Å². The number of carbonyl (C=O) groups is 1. The highest BCUT2D eigenvalue weighted by atomic mass is 32.2. The Bertz CT molecular complexity index is 678. The Labute approximate surface area is 132 Å². The van der Waals surface area contributed by atoms with Gasteiger partial charge in [0.15, 0.2) is 16.7 Å². The number of aliphatic imine (C=N–C) groups is 1. The standard InChI is InChI=1S/C16H16N2O3S/c19-15-14(22-16(18-15)17-11-3-1-2-4-11)8-10-5-6-12-13(7-10)21-9-20-12/h5-8,11H,1-4,9H2,(H,17,18,19)/b14-8+. The molecule has 6 heteroatoms. The molecule has 0 unspecified atom stereocenters. The molecule has 0 aromatic heterocycles. The number of amidine groups is 1. The number of rotatable bonds is 2. The van der Waals surface area contributed by atoms with Crippen molar-refractivity contribution in [2.45, 2.75) is 31.7 Å². The maximum atomic E-state index is 12.1. The fraction of sp³-hybridized carbons (Fsp3) is 0.375. The van der Waals surface area contributed by atoms with Gasteiger partial charge in [-0.2, -0.15) is 0 Å². The summed E-state index contributed by atoms with van der Waals surface area (Å²) in [5.74, 6) is 1.38. The average molecular weight is 316 g/mol. The van der Waals surface area contributed by atoms with Crippen molar-refractivity contribution in [1.29, 1.82) is 0 Å². The number of nitrogens with one attached hydrogen (secondary N) is 1. The molecule has 2 fully saturated rings. The summed E-state index contributed by atoms with van der Waals surface area (Å²) in [6.45, 7) is 0.253. The number of nitrogens with zero attached hydrogens (tertiary/aromatic N) is 1. The zero-order valence-corrected chi connectivity index (χ0v) is 12.8. The third-order valence-electron chi connectivity index (χ3n) is 3.97. The molecule has 1 aromatic carbocycles. The van der Waals surface area contributed by atoms with Gasteiger partial charge in [-0.15, -0.1) is 0 Å². The fourth-order valence-corrected chi connectivity index (χ4v) is 3.73. The number of carbonyl (C=O) groups excluding carboxylic acids is 1. The van der Waals surface area contributed by atoms with Gasteiger partial charge in [-0.25, -0.2) is 0 Å². The summed E-state index contributed by atoms with van der Waals surface area (Å²) in [5.41, 5.74) is 0.920. The molecule has 5 nitrogen and oxygen atoms in total. The van der Waals surface area contributed by atoms with E-state index in [9.17, 15) is 4.79 Å². The molecule has 1 N–H and O–H groups in total. The Hall–Kier alpha value is -1.95. The van der Waals surface area contributed by atoms with E-state index in [0.29, 0.717) is 10.9 Å². The maximum Gasteiger partial charge on any atom is 0.264 e. The van der Waals surface area contributed by atoms with Crippen LogP contribution in [0.1, 0.15) is 31.2 Å². The fourth-order valence-electron chi connectivity index (χ4n) is 2.84. The molecule has 0 radical (unpaired) electrons. The molecule has 1 saturated carbocycles. The van der Waals surface area contributed by atoms with Crippen molar-refractivity contribution in [3.8, 4) is 11.5 Å².